The summed E-state index contributed by atoms with van der Waals surface area (Å²) >= 11 is 1.59. The summed E-state index contributed by atoms with van der Waals surface area (Å²) in [5.41, 5.74) is 5.21. The van der Waals surface area contributed by atoms with Gasteiger partial charge in [0.2, 0.25) is 0 Å². The first kappa shape index (κ1) is 13.0. The van der Waals surface area contributed by atoms with Crippen molar-refractivity contribution in [2.45, 2.75) is 32.4 Å². The van der Waals surface area contributed by atoms with Gasteiger partial charge in [0, 0.05) is 9.75 Å². The van der Waals surface area contributed by atoms with Crippen molar-refractivity contribution in [3.63, 3.8) is 0 Å². The van der Waals surface area contributed by atoms with Crippen LogP contribution >= 0.6 is 11.3 Å². The van der Waals surface area contributed by atoms with E-state index in [2.05, 4.69) is 5.32 Å². The highest BCUT2D eigenvalue weighted by atomic mass is 32.1. The molecular weight excluding hydrogens is 250 g/mol. The minimum Gasteiger partial charge on any atom is -0.324 e. The van der Waals surface area contributed by atoms with Crippen LogP contribution in [0, 0.1) is 6.92 Å². The molecule has 1 aliphatic heterocycles. The molecule has 1 fully saturated rings. The topological polar surface area (TPSA) is 75.4 Å². The lowest BCUT2D eigenvalue weighted by molar-refractivity contribution is -0.130. The van der Waals surface area contributed by atoms with Crippen molar-refractivity contribution in [1.29, 1.82) is 0 Å². The van der Waals surface area contributed by atoms with Crippen molar-refractivity contribution in [2.75, 3.05) is 6.54 Å². The second kappa shape index (κ2) is 4.37. The van der Waals surface area contributed by atoms with Crippen molar-refractivity contribution < 1.29 is 9.59 Å². The molecule has 1 aromatic rings. The fraction of sp³-hybridized carbons (Fsp3) is 0.500. The molecule has 1 atom stereocenters. The summed E-state index contributed by atoms with van der Waals surface area (Å²) in [7, 11) is 0. The smallest absolute Gasteiger partial charge is 0.324 e. The Morgan fingerprint density at radius 2 is 2.11 bits per heavy atom. The highest BCUT2D eigenvalue weighted by Gasteiger charge is 2.44. The van der Waals surface area contributed by atoms with E-state index in [4.69, 9.17) is 5.73 Å². The zero-order chi connectivity index (χ0) is 13.5. The zero-order valence-corrected chi connectivity index (χ0v) is 11.5. The number of nitrogens with zero attached hydrogens (tertiary/aromatic N) is 1. The highest BCUT2D eigenvalue weighted by molar-refractivity contribution is 7.12. The van der Waals surface area contributed by atoms with Crippen LogP contribution in [0.1, 0.15) is 29.6 Å². The molecule has 1 unspecified atom stereocenters. The number of aryl methyl sites for hydroxylation is 1. The highest BCUT2D eigenvalue weighted by Crippen LogP contribution is 2.24. The number of hydrogen-bond donors (Lipinski definition) is 2. The molecule has 0 spiro atoms. The van der Waals surface area contributed by atoms with Gasteiger partial charge < -0.3 is 11.1 Å². The van der Waals surface area contributed by atoms with Gasteiger partial charge in [-0.1, -0.05) is 0 Å². The molecule has 1 aromatic heterocycles. The van der Waals surface area contributed by atoms with E-state index in [0.29, 0.717) is 0 Å². The summed E-state index contributed by atoms with van der Waals surface area (Å²) in [5, 5.41) is 2.64. The molecule has 5 nitrogen and oxygen atoms in total. The molecule has 1 saturated heterocycles. The first-order valence-electron chi connectivity index (χ1n) is 5.77. The number of thiophene rings is 1. The van der Waals surface area contributed by atoms with Crippen LogP contribution in [-0.4, -0.2) is 28.9 Å². The number of amides is 3. The first-order valence-corrected chi connectivity index (χ1v) is 6.59. The van der Waals surface area contributed by atoms with Crippen molar-refractivity contribution >= 4 is 23.3 Å². The maximum atomic E-state index is 12.0. The molecular formula is C12H17N3O2S. The van der Waals surface area contributed by atoms with E-state index in [1.807, 2.05) is 19.1 Å². The first-order chi connectivity index (χ1) is 8.31. The summed E-state index contributed by atoms with van der Waals surface area (Å²) in [6.07, 6.45) is 0. The molecule has 3 N–H and O–H groups in total. The predicted octanol–water partition coefficient (Wildman–Crippen LogP) is 1.39. The summed E-state index contributed by atoms with van der Waals surface area (Å²) < 4.78 is 0. The third kappa shape index (κ3) is 2.26. The monoisotopic (exact) mass is 267 g/mol. The third-order valence-electron chi connectivity index (χ3n) is 2.95. The average Bonchev–Trinajstić information content (AvgIpc) is 2.77. The van der Waals surface area contributed by atoms with E-state index in [0.717, 1.165) is 9.75 Å². The minimum atomic E-state index is -0.831. The molecule has 98 valence electrons. The molecule has 0 aliphatic carbocycles. The lowest BCUT2D eigenvalue weighted by atomic mass is 10.1. The Bertz CT molecular complexity index is 495. The molecule has 0 radical (unpaired) electrons. The molecule has 0 saturated carbocycles. The Morgan fingerprint density at radius 1 is 1.44 bits per heavy atom. The number of imide groups is 1. The third-order valence-corrected chi connectivity index (χ3v) is 4.08. The zero-order valence-electron chi connectivity index (χ0n) is 10.7. The van der Waals surface area contributed by atoms with Gasteiger partial charge in [-0.25, -0.2) is 4.79 Å². The van der Waals surface area contributed by atoms with Gasteiger partial charge in [0.05, 0.1) is 12.6 Å². The maximum absolute atomic E-state index is 12.0. The second-order valence-corrected chi connectivity index (χ2v) is 6.35. The van der Waals surface area contributed by atoms with Crippen molar-refractivity contribution in [3.05, 3.63) is 21.9 Å². The molecule has 3 amide bonds. The van der Waals surface area contributed by atoms with E-state index >= 15 is 0 Å². The fourth-order valence-electron chi connectivity index (χ4n) is 1.92. The summed E-state index contributed by atoms with van der Waals surface area (Å²) in [5.74, 6) is -0.226. The maximum Gasteiger partial charge on any atom is 0.325 e. The molecule has 2 rings (SSSR count). The Morgan fingerprint density at radius 3 is 2.56 bits per heavy atom. The van der Waals surface area contributed by atoms with Crippen LogP contribution < -0.4 is 11.1 Å². The molecule has 0 bridgehead atoms. The van der Waals surface area contributed by atoms with Gasteiger partial charge in [-0.2, -0.15) is 0 Å². The van der Waals surface area contributed by atoms with Crippen LogP contribution in [0.4, 0.5) is 4.79 Å². The summed E-state index contributed by atoms with van der Waals surface area (Å²) in [6.45, 7) is 5.59. The molecule has 1 aliphatic rings. The van der Waals surface area contributed by atoms with Crippen LogP contribution in [0.15, 0.2) is 12.1 Å². The van der Waals surface area contributed by atoms with Crippen LogP contribution in [-0.2, 0) is 4.79 Å². The Labute approximate surface area is 110 Å². The SMILES string of the molecule is Cc1ccc(C(N)CN2C(=O)NC(C)(C)C2=O)s1. The Hall–Kier alpha value is -1.40. The number of nitrogens with one attached hydrogen (secondary N) is 1. The van der Waals surface area contributed by atoms with Gasteiger partial charge >= 0.3 is 6.03 Å². The molecule has 0 aromatic carbocycles. The average molecular weight is 267 g/mol. The van der Waals surface area contributed by atoms with E-state index in [9.17, 15) is 9.59 Å². The van der Waals surface area contributed by atoms with Crippen LogP contribution in [0.5, 0.6) is 0 Å². The normalized spacial score (nSPS) is 20.1. The Kier molecular flexibility index (Phi) is 3.16. The lowest BCUT2D eigenvalue weighted by Gasteiger charge is -2.19. The van der Waals surface area contributed by atoms with Gasteiger partial charge in [0.15, 0.2) is 0 Å². The molecule has 18 heavy (non-hydrogen) atoms. The lowest BCUT2D eigenvalue weighted by Crippen LogP contribution is -2.41. The second-order valence-electron chi connectivity index (χ2n) is 5.03. The van der Waals surface area contributed by atoms with Gasteiger partial charge in [0.25, 0.3) is 5.91 Å². The van der Waals surface area contributed by atoms with E-state index in [-0.39, 0.29) is 24.5 Å². The summed E-state index contributed by atoms with van der Waals surface area (Å²) in [6, 6.07) is 3.23. The van der Waals surface area contributed by atoms with Crippen LogP contribution in [0.2, 0.25) is 0 Å². The number of carbonyl (C=O) groups excluding carboxylic acids is 2. The number of nitrogens with two attached hydrogens (primary N) is 1. The van der Waals surface area contributed by atoms with Crippen LogP contribution in [0.25, 0.3) is 0 Å². The minimum absolute atomic E-state index is 0.216. The fourth-order valence-corrected chi connectivity index (χ4v) is 2.79. The van der Waals surface area contributed by atoms with Crippen molar-refractivity contribution in [1.82, 2.24) is 10.2 Å². The quantitative estimate of drug-likeness (QED) is 0.813. The largest absolute Gasteiger partial charge is 0.325 e. The van der Waals surface area contributed by atoms with Gasteiger partial charge in [-0.15, -0.1) is 11.3 Å². The van der Waals surface area contributed by atoms with E-state index < -0.39 is 5.54 Å². The number of rotatable bonds is 3. The van der Waals surface area contributed by atoms with E-state index in [1.165, 1.54) is 4.90 Å². The van der Waals surface area contributed by atoms with E-state index in [1.54, 1.807) is 25.2 Å². The number of urea groups is 1. The summed E-state index contributed by atoms with van der Waals surface area (Å²) in [4.78, 5) is 27.1. The number of hydrogen-bond acceptors (Lipinski definition) is 4. The standard InChI is InChI=1S/C12H17N3O2S/c1-7-4-5-9(18-7)8(13)6-15-10(16)12(2,3)14-11(15)17/h4-5,8H,6,13H2,1-3H3,(H,14,17). The van der Waals surface area contributed by atoms with Crippen LogP contribution in [0.3, 0.4) is 0 Å². The predicted molar refractivity (Wildman–Crippen MR) is 70.3 cm³/mol. The van der Waals surface area contributed by atoms with Crippen molar-refractivity contribution in [2.24, 2.45) is 5.73 Å². The van der Waals surface area contributed by atoms with Gasteiger partial charge in [0.1, 0.15) is 5.54 Å². The van der Waals surface area contributed by atoms with Gasteiger partial charge in [-0.3, -0.25) is 9.69 Å². The Balaban J connectivity index is 2.10. The molecule has 2 heterocycles. The van der Waals surface area contributed by atoms with Crippen molar-refractivity contribution in [3.8, 4) is 0 Å². The molecule has 6 heteroatoms. The number of carbonyl (C=O) groups is 2. The van der Waals surface area contributed by atoms with Gasteiger partial charge in [-0.05, 0) is 32.9 Å².